The van der Waals surface area contributed by atoms with Gasteiger partial charge >= 0.3 is 0 Å². The van der Waals surface area contributed by atoms with E-state index in [1.807, 2.05) is 0 Å². The molecule has 0 bridgehead atoms. The number of nitrogens with two attached hydrogens (primary N) is 1. The van der Waals surface area contributed by atoms with Crippen LogP contribution in [-0.2, 0) is 0 Å². The maximum absolute atomic E-state index is 8.30. The van der Waals surface area contributed by atoms with Crippen LogP contribution in [0, 0.1) is 0 Å². The van der Waals surface area contributed by atoms with Gasteiger partial charge in [0.2, 0.25) is 0 Å². The lowest BCUT2D eigenvalue weighted by Crippen LogP contribution is -1.84. The van der Waals surface area contributed by atoms with E-state index in [4.69, 9.17) is 15.5 Å². The van der Waals surface area contributed by atoms with E-state index < -0.39 is 0 Å². The van der Waals surface area contributed by atoms with Crippen LogP contribution in [-0.4, -0.2) is 16.6 Å². The van der Waals surface area contributed by atoms with E-state index in [1.54, 1.807) is 18.2 Å². The predicted molar refractivity (Wildman–Crippen MR) is 47.8 cm³/mol. The summed E-state index contributed by atoms with van der Waals surface area (Å²) < 4.78 is 4.92. The van der Waals surface area contributed by atoms with Crippen LogP contribution in [0.25, 0.3) is 11.0 Å². The Kier molecular flexibility index (Phi) is 1.63. The van der Waals surface area contributed by atoms with Gasteiger partial charge in [-0.25, -0.2) is 0 Å². The number of nitrogen functional groups attached to an aromatic ring is 1. The number of nitrogens with zero attached hydrogens (tertiary/aromatic N) is 2. The first-order valence-corrected chi connectivity index (χ1v) is 3.63. The lowest BCUT2D eigenvalue weighted by atomic mass is 10.2. The zero-order chi connectivity index (χ0) is 9.26. The summed E-state index contributed by atoms with van der Waals surface area (Å²) in [6.07, 6.45) is 1.30. The molecule has 0 atom stereocenters. The molecule has 0 amide bonds. The first-order valence-electron chi connectivity index (χ1n) is 3.63. The zero-order valence-electron chi connectivity index (χ0n) is 6.64. The van der Waals surface area contributed by atoms with Crippen molar-refractivity contribution in [2.24, 2.45) is 5.16 Å². The number of fused-ring (bicyclic) bond motifs is 1. The minimum Gasteiger partial charge on any atom is -0.411 e. The van der Waals surface area contributed by atoms with E-state index in [1.165, 1.54) is 6.21 Å². The van der Waals surface area contributed by atoms with Crippen molar-refractivity contribution in [1.82, 2.24) is 5.16 Å². The van der Waals surface area contributed by atoms with Gasteiger partial charge in [-0.2, -0.15) is 0 Å². The Hall–Kier alpha value is -2.04. The second kappa shape index (κ2) is 2.78. The molecule has 0 saturated carbocycles. The second-order valence-corrected chi connectivity index (χ2v) is 2.57. The number of hydrogen-bond acceptors (Lipinski definition) is 5. The largest absolute Gasteiger partial charge is 0.411 e. The minimum atomic E-state index is 0.363. The molecule has 0 aliphatic rings. The monoisotopic (exact) mass is 177 g/mol. The Morgan fingerprint density at radius 3 is 3.15 bits per heavy atom. The molecule has 0 unspecified atom stereocenters. The van der Waals surface area contributed by atoms with Crippen LogP contribution < -0.4 is 5.73 Å². The first-order chi connectivity index (χ1) is 6.31. The van der Waals surface area contributed by atoms with Crippen molar-refractivity contribution < 1.29 is 9.73 Å². The maximum atomic E-state index is 8.30. The summed E-state index contributed by atoms with van der Waals surface area (Å²) >= 11 is 0. The Morgan fingerprint density at radius 2 is 2.38 bits per heavy atom. The van der Waals surface area contributed by atoms with E-state index in [0.717, 1.165) is 10.9 Å². The van der Waals surface area contributed by atoms with Crippen molar-refractivity contribution in [2.75, 3.05) is 5.73 Å². The van der Waals surface area contributed by atoms with Crippen LogP contribution in [0.2, 0.25) is 0 Å². The summed E-state index contributed by atoms with van der Waals surface area (Å²) in [5, 5.41) is 15.5. The third kappa shape index (κ3) is 1.20. The fourth-order valence-corrected chi connectivity index (χ4v) is 1.12. The van der Waals surface area contributed by atoms with Gasteiger partial charge in [-0.15, -0.1) is 0 Å². The molecule has 0 aliphatic heterocycles. The van der Waals surface area contributed by atoms with Crippen LogP contribution in [0.3, 0.4) is 0 Å². The number of hydrogen-bond donors (Lipinski definition) is 2. The van der Waals surface area contributed by atoms with Crippen molar-refractivity contribution in [3.05, 3.63) is 23.8 Å². The molecule has 0 saturated heterocycles. The predicted octanol–water partition coefficient (Wildman–Crippen LogP) is 1.22. The summed E-state index contributed by atoms with van der Waals surface area (Å²) in [5.41, 5.74) is 6.82. The molecule has 5 heteroatoms. The molecule has 0 radical (unpaired) electrons. The molecule has 0 aliphatic carbocycles. The lowest BCUT2D eigenvalue weighted by molar-refractivity contribution is 0.322. The molecular weight excluding hydrogens is 170 g/mol. The van der Waals surface area contributed by atoms with Gasteiger partial charge < -0.3 is 15.5 Å². The second-order valence-electron chi connectivity index (χ2n) is 2.57. The van der Waals surface area contributed by atoms with E-state index in [-0.39, 0.29) is 0 Å². The first kappa shape index (κ1) is 7.60. The number of rotatable bonds is 1. The minimum absolute atomic E-state index is 0.363. The van der Waals surface area contributed by atoms with E-state index in [2.05, 4.69) is 10.3 Å². The topological polar surface area (TPSA) is 84.6 Å². The summed E-state index contributed by atoms with van der Waals surface area (Å²) in [5.74, 6) is 0.363. The standard InChI is InChI=1S/C8H7N3O2/c9-8-6-2-1-5(4-10-12)3-7(6)13-11-8/h1-4,12H,(H2,9,11)/b10-4+. The summed E-state index contributed by atoms with van der Waals surface area (Å²) in [6.45, 7) is 0. The fraction of sp³-hybridized carbons (Fsp3) is 0. The van der Waals surface area contributed by atoms with Gasteiger partial charge in [-0.05, 0) is 17.7 Å². The Labute approximate surface area is 73.4 Å². The highest BCUT2D eigenvalue weighted by Gasteiger charge is 2.03. The third-order valence-corrected chi connectivity index (χ3v) is 1.73. The van der Waals surface area contributed by atoms with Gasteiger partial charge in [0.05, 0.1) is 11.6 Å². The van der Waals surface area contributed by atoms with Gasteiger partial charge in [-0.3, -0.25) is 0 Å². The van der Waals surface area contributed by atoms with Gasteiger partial charge in [-0.1, -0.05) is 16.4 Å². The van der Waals surface area contributed by atoms with Gasteiger partial charge in [0.1, 0.15) is 0 Å². The fourth-order valence-electron chi connectivity index (χ4n) is 1.12. The summed E-state index contributed by atoms with van der Waals surface area (Å²) in [7, 11) is 0. The molecule has 13 heavy (non-hydrogen) atoms. The van der Waals surface area contributed by atoms with Crippen LogP contribution >= 0.6 is 0 Å². The molecule has 3 N–H and O–H groups in total. The van der Waals surface area contributed by atoms with Crippen molar-refractivity contribution in [2.45, 2.75) is 0 Å². The molecule has 0 spiro atoms. The van der Waals surface area contributed by atoms with Crippen molar-refractivity contribution in [1.29, 1.82) is 0 Å². The molecule has 66 valence electrons. The average Bonchev–Trinajstić information content (AvgIpc) is 2.48. The lowest BCUT2D eigenvalue weighted by Gasteiger charge is -1.90. The van der Waals surface area contributed by atoms with Crippen LogP contribution in [0.15, 0.2) is 27.9 Å². The van der Waals surface area contributed by atoms with Crippen molar-refractivity contribution >= 4 is 23.0 Å². The van der Waals surface area contributed by atoms with Gasteiger partial charge in [0, 0.05) is 0 Å². The quantitative estimate of drug-likeness (QED) is 0.389. The van der Waals surface area contributed by atoms with Crippen LogP contribution in [0.4, 0.5) is 5.82 Å². The molecular formula is C8H7N3O2. The Balaban J connectivity index is 2.63. The van der Waals surface area contributed by atoms with Crippen LogP contribution in [0.1, 0.15) is 5.56 Å². The Bertz CT molecular complexity index is 461. The van der Waals surface area contributed by atoms with E-state index >= 15 is 0 Å². The number of oxime groups is 1. The van der Waals surface area contributed by atoms with Gasteiger partial charge in [0.15, 0.2) is 11.4 Å². The maximum Gasteiger partial charge on any atom is 0.174 e. The molecule has 1 aromatic heterocycles. The SMILES string of the molecule is Nc1noc2cc(/C=N/O)ccc12. The summed E-state index contributed by atoms with van der Waals surface area (Å²) in [6, 6.07) is 5.21. The smallest absolute Gasteiger partial charge is 0.174 e. The summed E-state index contributed by atoms with van der Waals surface area (Å²) in [4.78, 5) is 0. The molecule has 2 rings (SSSR count). The molecule has 2 aromatic rings. The molecule has 5 nitrogen and oxygen atoms in total. The molecule has 1 heterocycles. The normalized spacial score (nSPS) is 11.4. The highest BCUT2D eigenvalue weighted by Crippen LogP contribution is 2.20. The number of benzene rings is 1. The zero-order valence-corrected chi connectivity index (χ0v) is 6.64. The highest BCUT2D eigenvalue weighted by molar-refractivity contribution is 5.92. The molecule has 1 aromatic carbocycles. The van der Waals surface area contributed by atoms with Crippen molar-refractivity contribution in [3.63, 3.8) is 0 Å². The van der Waals surface area contributed by atoms with E-state index in [9.17, 15) is 0 Å². The molecule has 0 fully saturated rings. The average molecular weight is 177 g/mol. The van der Waals surface area contributed by atoms with Gasteiger partial charge in [0.25, 0.3) is 0 Å². The number of anilines is 1. The third-order valence-electron chi connectivity index (χ3n) is 1.73. The van der Waals surface area contributed by atoms with Crippen molar-refractivity contribution in [3.8, 4) is 0 Å². The van der Waals surface area contributed by atoms with Crippen LogP contribution in [0.5, 0.6) is 0 Å². The number of aromatic nitrogens is 1. The highest BCUT2D eigenvalue weighted by atomic mass is 16.5. The van der Waals surface area contributed by atoms with E-state index in [0.29, 0.717) is 11.4 Å². The Morgan fingerprint density at radius 1 is 1.54 bits per heavy atom.